The second-order valence-electron chi connectivity index (χ2n) is 6.05. The van der Waals surface area contributed by atoms with Gasteiger partial charge in [0.05, 0.1) is 11.5 Å². The van der Waals surface area contributed by atoms with E-state index in [0.717, 1.165) is 25.0 Å². The lowest BCUT2D eigenvalue weighted by Gasteiger charge is -2.36. The maximum absolute atomic E-state index is 13.2. The Morgan fingerprint density at radius 2 is 1.95 bits per heavy atom. The average Bonchev–Trinajstić information content (AvgIpc) is 3.07. The summed E-state index contributed by atoms with van der Waals surface area (Å²) < 4.78 is 24.2. The number of carbonyl (C=O) groups is 1. The van der Waals surface area contributed by atoms with Gasteiger partial charge in [0, 0.05) is 26.4 Å². The molecule has 1 amide bonds. The number of rotatable bonds is 4. The van der Waals surface area contributed by atoms with Crippen molar-refractivity contribution in [2.75, 3.05) is 26.4 Å². The van der Waals surface area contributed by atoms with Crippen LogP contribution in [0.3, 0.4) is 0 Å². The molecule has 0 radical (unpaired) electrons. The summed E-state index contributed by atoms with van der Waals surface area (Å²) in [6.07, 6.45) is 3.41. The Hall–Kier alpha value is -1.46. The van der Waals surface area contributed by atoms with Crippen molar-refractivity contribution < 1.29 is 18.7 Å². The zero-order chi connectivity index (χ0) is 15.4. The Morgan fingerprint density at radius 1 is 1.23 bits per heavy atom. The normalized spacial score (nSPS) is 24.1. The first-order chi connectivity index (χ1) is 10.7. The monoisotopic (exact) mass is 307 g/mol. The molecule has 2 fully saturated rings. The van der Waals surface area contributed by atoms with E-state index in [-0.39, 0.29) is 17.8 Å². The van der Waals surface area contributed by atoms with Gasteiger partial charge >= 0.3 is 0 Å². The topological polar surface area (TPSA) is 47.6 Å². The van der Waals surface area contributed by atoms with Gasteiger partial charge in [-0.15, -0.1) is 0 Å². The standard InChI is InChI=1S/C17H22FNO3/c18-14-5-3-13(4-6-14)17(7-10-21-11-8-17)16(20)19-12-15-2-1-9-22-15/h3-6,15H,1-2,7-12H2,(H,19,20). The minimum absolute atomic E-state index is 0.00194. The van der Waals surface area contributed by atoms with E-state index in [0.29, 0.717) is 32.6 Å². The minimum atomic E-state index is -0.620. The average molecular weight is 307 g/mol. The molecular weight excluding hydrogens is 285 g/mol. The molecule has 1 aromatic carbocycles. The van der Waals surface area contributed by atoms with E-state index in [2.05, 4.69) is 5.32 Å². The number of halogens is 1. The Labute approximate surface area is 130 Å². The molecule has 0 saturated carbocycles. The Morgan fingerprint density at radius 3 is 2.59 bits per heavy atom. The molecular formula is C17H22FNO3. The third-order valence-corrected chi connectivity index (χ3v) is 4.69. The van der Waals surface area contributed by atoms with Crippen LogP contribution in [-0.4, -0.2) is 38.4 Å². The highest BCUT2D eigenvalue weighted by Crippen LogP contribution is 2.35. The first-order valence-corrected chi connectivity index (χ1v) is 7.94. The molecule has 1 aromatic rings. The van der Waals surface area contributed by atoms with Gasteiger partial charge in [-0.1, -0.05) is 12.1 Å². The van der Waals surface area contributed by atoms with Crippen LogP contribution in [0.1, 0.15) is 31.2 Å². The molecule has 0 aromatic heterocycles. The molecule has 120 valence electrons. The van der Waals surface area contributed by atoms with E-state index in [1.807, 2.05) is 0 Å². The van der Waals surface area contributed by atoms with E-state index in [1.54, 1.807) is 12.1 Å². The first-order valence-electron chi connectivity index (χ1n) is 7.94. The van der Waals surface area contributed by atoms with Crippen molar-refractivity contribution in [1.82, 2.24) is 5.32 Å². The second kappa shape index (κ2) is 6.75. The van der Waals surface area contributed by atoms with Gasteiger partial charge in [-0.25, -0.2) is 4.39 Å². The fraction of sp³-hybridized carbons (Fsp3) is 0.588. The van der Waals surface area contributed by atoms with Crippen molar-refractivity contribution in [2.24, 2.45) is 0 Å². The van der Waals surface area contributed by atoms with Crippen LogP contribution in [0.5, 0.6) is 0 Å². The van der Waals surface area contributed by atoms with E-state index in [9.17, 15) is 9.18 Å². The molecule has 1 N–H and O–H groups in total. The van der Waals surface area contributed by atoms with Crippen LogP contribution in [0.4, 0.5) is 4.39 Å². The second-order valence-corrected chi connectivity index (χ2v) is 6.05. The van der Waals surface area contributed by atoms with E-state index in [1.165, 1.54) is 12.1 Å². The van der Waals surface area contributed by atoms with Gasteiger partial charge in [-0.2, -0.15) is 0 Å². The summed E-state index contributed by atoms with van der Waals surface area (Å²) in [5, 5.41) is 3.04. The molecule has 1 unspecified atom stereocenters. The van der Waals surface area contributed by atoms with Crippen LogP contribution >= 0.6 is 0 Å². The first kappa shape index (κ1) is 15.4. The van der Waals surface area contributed by atoms with Gasteiger partial charge in [0.25, 0.3) is 0 Å². The quantitative estimate of drug-likeness (QED) is 0.927. The van der Waals surface area contributed by atoms with E-state index in [4.69, 9.17) is 9.47 Å². The van der Waals surface area contributed by atoms with Crippen molar-refractivity contribution >= 4 is 5.91 Å². The molecule has 3 rings (SSSR count). The van der Waals surface area contributed by atoms with E-state index >= 15 is 0 Å². The number of hydrogen-bond acceptors (Lipinski definition) is 3. The third-order valence-electron chi connectivity index (χ3n) is 4.69. The number of nitrogens with one attached hydrogen (secondary N) is 1. The molecule has 0 bridgehead atoms. The van der Waals surface area contributed by atoms with Crippen LogP contribution in [0.2, 0.25) is 0 Å². The van der Waals surface area contributed by atoms with Crippen LogP contribution in [0.25, 0.3) is 0 Å². The summed E-state index contributed by atoms with van der Waals surface area (Å²) in [6, 6.07) is 6.26. The minimum Gasteiger partial charge on any atom is -0.381 e. The highest BCUT2D eigenvalue weighted by atomic mass is 19.1. The van der Waals surface area contributed by atoms with Gasteiger partial charge in [-0.05, 0) is 43.4 Å². The maximum atomic E-state index is 13.2. The Balaban J connectivity index is 1.75. The van der Waals surface area contributed by atoms with E-state index < -0.39 is 5.41 Å². The molecule has 0 aliphatic carbocycles. The van der Waals surface area contributed by atoms with Crippen molar-refractivity contribution in [1.29, 1.82) is 0 Å². The van der Waals surface area contributed by atoms with Crippen LogP contribution in [0, 0.1) is 5.82 Å². The molecule has 22 heavy (non-hydrogen) atoms. The predicted molar refractivity (Wildman–Crippen MR) is 80.1 cm³/mol. The van der Waals surface area contributed by atoms with Gasteiger partial charge in [0.15, 0.2) is 0 Å². The van der Waals surface area contributed by atoms with Crippen molar-refractivity contribution in [2.45, 2.75) is 37.2 Å². The molecule has 2 aliphatic heterocycles. The van der Waals surface area contributed by atoms with Crippen molar-refractivity contribution in [3.05, 3.63) is 35.6 Å². The molecule has 2 heterocycles. The highest BCUT2D eigenvalue weighted by Gasteiger charge is 2.41. The molecule has 1 atom stereocenters. The summed E-state index contributed by atoms with van der Waals surface area (Å²) in [5.74, 6) is -0.288. The summed E-state index contributed by atoms with van der Waals surface area (Å²) >= 11 is 0. The zero-order valence-electron chi connectivity index (χ0n) is 12.6. The van der Waals surface area contributed by atoms with Gasteiger partial charge < -0.3 is 14.8 Å². The highest BCUT2D eigenvalue weighted by molar-refractivity contribution is 5.88. The number of hydrogen-bond donors (Lipinski definition) is 1. The lowest BCUT2D eigenvalue weighted by Crippen LogP contribution is -2.49. The lowest BCUT2D eigenvalue weighted by atomic mass is 9.73. The van der Waals surface area contributed by atoms with Gasteiger partial charge in [0.1, 0.15) is 5.82 Å². The van der Waals surface area contributed by atoms with Gasteiger partial charge in [-0.3, -0.25) is 4.79 Å². The Bertz CT molecular complexity index is 505. The zero-order valence-corrected chi connectivity index (χ0v) is 12.6. The van der Waals surface area contributed by atoms with Crippen molar-refractivity contribution in [3.8, 4) is 0 Å². The van der Waals surface area contributed by atoms with Crippen molar-refractivity contribution in [3.63, 3.8) is 0 Å². The number of ether oxygens (including phenoxy) is 2. The maximum Gasteiger partial charge on any atom is 0.230 e. The number of amides is 1. The molecule has 5 heteroatoms. The summed E-state index contributed by atoms with van der Waals surface area (Å²) in [7, 11) is 0. The number of benzene rings is 1. The van der Waals surface area contributed by atoms with Gasteiger partial charge in [0.2, 0.25) is 5.91 Å². The third kappa shape index (κ3) is 3.15. The molecule has 2 saturated heterocycles. The molecule has 4 nitrogen and oxygen atoms in total. The lowest BCUT2D eigenvalue weighted by molar-refractivity contribution is -0.131. The summed E-state index contributed by atoms with van der Waals surface area (Å²) in [4.78, 5) is 12.8. The van der Waals surface area contributed by atoms with Crippen LogP contribution in [-0.2, 0) is 19.7 Å². The number of carbonyl (C=O) groups excluding carboxylic acids is 1. The fourth-order valence-corrected chi connectivity index (χ4v) is 3.32. The van der Waals surface area contributed by atoms with Crippen LogP contribution in [0.15, 0.2) is 24.3 Å². The smallest absolute Gasteiger partial charge is 0.230 e. The largest absolute Gasteiger partial charge is 0.381 e. The SMILES string of the molecule is O=C(NCC1CCCO1)C1(c2ccc(F)cc2)CCOCC1. The fourth-order valence-electron chi connectivity index (χ4n) is 3.32. The molecule has 0 spiro atoms. The van der Waals surface area contributed by atoms with Crippen LogP contribution < -0.4 is 5.32 Å². The summed E-state index contributed by atoms with van der Waals surface area (Å²) in [6.45, 7) is 2.41. The Kier molecular flexibility index (Phi) is 4.74. The summed E-state index contributed by atoms with van der Waals surface area (Å²) in [5.41, 5.74) is 0.243. The predicted octanol–water partition coefficient (Wildman–Crippen LogP) is 2.17. The molecule has 2 aliphatic rings.